The van der Waals surface area contributed by atoms with Gasteiger partial charge in [-0.3, -0.25) is 5.41 Å². The maximum Gasteiger partial charge on any atom is 0.0958 e. The van der Waals surface area contributed by atoms with Crippen molar-refractivity contribution in [3.8, 4) is 0 Å². The minimum Gasteiger partial charge on any atom is -0.380 e. The molecule has 0 radical (unpaired) electrons. The molecule has 0 bridgehead atoms. The van der Waals surface area contributed by atoms with E-state index in [-0.39, 0.29) is 0 Å². The molecule has 0 unspecified atom stereocenters. The summed E-state index contributed by atoms with van der Waals surface area (Å²) in [4.78, 5) is 2.14. The molecule has 0 spiro atoms. The Morgan fingerprint density at radius 1 is 1.42 bits per heavy atom. The van der Waals surface area contributed by atoms with Gasteiger partial charge in [0.25, 0.3) is 0 Å². The zero-order valence-electron chi connectivity index (χ0n) is 7.81. The van der Waals surface area contributed by atoms with Crippen LogP contribution in [0.2, 0.25) is 0 Å². The zero-order chi connectivity index (χ0) is 8.81. The van der Waals surface area contributed by atoms with Crippen molar-refractivity contribution in [1.82, 2.24) is 4.90 Å². The van der Waals surface area contributed by atoms with Gasteiger partial charge in [-0.15, -0.1) is 0 Å². The lowest BCUT2D eigenvalue weighted by atomic mass is 10.3. The molecule has 1 fully saturated rings. The summed E-state index contributed by atoms with van der Waals surface area (Å²) in [5.41, 5.74) is 0. The highest BCUT2D eigenvalue weighted by molar-refractivity contribution is 5.79. The van der Waals surface area contributed by atoms with Crippen molar-refractivity contribution in [2.75, 3.05) is 26.3 Å². The van der Waals surface area contributed by atoms with Gasteiger partial charge < -0.3 is 9.64 Å². The molecule has 1 rings (SSSR count). The fraction of sp³-hybridized carbons (Fsp3) is 0.889. The number of hydrogen-bond donors (Lipinski definition) is 1. The number of ether oxygens (including phenoxy) is 1. The van der Waals surface area contributed by atoms with Crippen LogP contribution in [0.25, 0.3) is 0 Å². The van der Waals surface area contributed by atoms with E-state index in [1.54, 1.807) is 0 Å². The molecular formula is C9H18N2O. The van der Waals surface area contributed by atoms with Crippen molar-refractivity contribution in [1.29, 1.82) is 5.41 Å². The molecule has 0 saturated carbocycles. The summed E-state index contributed by atoms with van der Waals surface area (Å²) in [5.74, 6) is 0.781. The van der Waals surface area contributed by atoms with E-state index in [4.69, 9.17) is 10.1 Å². The van der Waals surface area contributed by atoms with Crippen LogP contribution in [0, 0.1) is 5.41 Å². The normalized spacial score (nSPS) is 18.9. The van der Waals surface area contributed by atoms with E-state index in [0.717, 1.165) is 51.4 Å². The SMILES string of the molecule is CCCC(=N)N1CCCOCC1. The fourth-order valence-electron chi connectivity index (χ4n) is 1.41. The number of nitrogens with zero attached hydrogens (tertiary/aromatic N) is 1. The number of hydrogen-bond acceptors (Lipinski definition) is 2. The topological polar surface area (TPSA) is 36.3 Å². The van der Waals surface area contributed by atoms with Crippen molar-refractivity contribution in [3.63, 3.8) is 0 Å². The van der Waals surface area contributed by atoms with Crippen molar-refractivity contribution in [2.45, 2.75) is 26.2 Å². The van der Waals surface area contributed by atoms with Gasteiger partial charge in [0.2, 0.25) is 0 Å². The lowest BCUT2D eigenvalue weighted by molar-refractivity contribution is 0.147. The maximum absolute atomic E-state index is 7.75. The molecule has 0 aliphatic carbocycles. The minimum absolute atomic E-state index is 0.781. The van der Waals surface area contributed by atoms with Gasteiger partial charge in [0.15, 0.2) is 0 Å². The summed E-state index contributed by atoms with van der Waals surface area (Å²) in [7, 11) is 0. The monoisotopic (exact) mass is 170 g/mol. The molecule has 0 aromatic carbocycles. The quantitative estimate of drug-likeness (QED) is 0.503. The molecule has 0 aromatic heterocycles. The van der Waals surface area contributed by atoms with Gasteiger partial charge in [-0.05, 0) is 12.8 Å². The van der Waals surface area contributed by atoms with E-state index in [2.05, 4.69) is 11.8 Å². The van der Waals surface area contributed by atoms with Gasteiger partial charge in [0.05, 0.1) is 12.4 Å². The number of rotatable bonds is 2. The second-order valence-electron chi connectivity index (χ2n) is 3.15. The molecule has 0 aromatic rings. The molecule has 0 amide bonds. The van der Waals surface area contributed by atoms with Crippen LogP contribution in [0.4, 0.5) is 0 Å². The smallest absolute Gasteiger partial charge is 0.0958 e. The zero-order valence-corrected chi connectivity index (χ0v) is 7.81. The van der Waals surface area contributed by atoms with E-state index in [0.29, 0.717) is 0 Å². The van der Waals surface area contributed by atoms with Gasteiger partial charge >= 0.3 is 0 Å². The van der Waals surface area contributed by atoms with Gasteiger partial charge in [0, 0.05) is 26.1 Å². The van der Waals surface area contributed by atoms with Crippen LogP contribution < -0.4 is 0 Å². The molecule has 12 heavy (non-hydrogen) atoms. The average Bonchev–Trinajstić information content (AvgIpc) is 2.32. The second kappa shape index (κ2) is 5.14. The maximum atomic E-state index is 7.75. The Hall–Kier alpha value is -0.570. The molecular weight excluding hydrogens is 152 g/mol. The van der Waals surface area contributed by atoms with Crippen molar-refractivity contribution in [3.05, 3.63) is 0 Å². The third kappa shape index (κ3) is 2.81. The van der Waals surface area contributed by atoms with Crippen molar-refractivity contribution < 1.29 is 4.74 Å². The lowest BCUT2D eigenvalue weighted by Gasteiger charge is -2.21. The Bertz CT molecular complexity index is 139. The standard InChI is InChI=1S/C9H18N2O/c1-2-4-9(10)11-5-3-7-12-8-6-11/h10H,2-8H2,1H3. The highest BCUT2D eigenvalue weighted by Crippen LogP contribution is 2.03. The Morgan fingerprint density at radius 2 is 2.25 bits per heavy atom. The van der Waals surface area contributed by atoms with Crippen LogP contribution in [0.5, 0.6) is 0 Å². The second-order valence-corrected chi connectivity index (χ2v) is 3.15. The van der Waals surface area contributed by atoms with Crippen molar-refractivity contribution in [2.24, 2.45) is 0 Å². The van der Waals surface area contributed by atoms with Crippen LogP contribution in [0.3, 0.4) is 0 Å². The number of nitrogens with one attached hydrogen (secondary N) is 1. The first kappa shape index (κ1) is 9.52. The third-order valence-electron chi connectivity index (χ3n) is 2.09. The predicted octanol–water partition coefficient (Wildman–Crippen LogP) is 1.49. The van der Waals surface area contributed by atoms with Crippen molar-refractivity contribution >= 4 is 5.84 Å². The summed E-state index contributed by atoms with van der Waals surface area (Å²) in [5, 5.41) is 7.75. The first-order valence-electron chi connectivity index (χ1n) is 4.74. The van der Waals surface area contributed by atoms with Crippen LogP contribution in [-0.2, 0) is 4.74 Å². The largest absolute Gasteiger partial charge is 0.380 e. The lowest BCUT2D eigenvalue weighted by Crippen LogP contribution is -2.32. The average molecular weight is 170 g/mol. The molecule has 1 saturated heterocycles. The van der Waals surface area contributed by atoms with E-state index >= 15 is 0 Å². The fourth-order valence-corrected chi connectivity index (χ4v) is 1.41. The van der Waals surface area contributed by atoms with Crippen LogP contribution in [-0.4, -0.2) is 37.0 Å². The third-order valence-corrected chi connectivity index (χ3v) is 2.09. The summed E-state index contributed by atoms with van der Waals surface area (Å²) < 4.78 is 5.31. The number of amidine groups is 1. The van der Waals surface area contributed by atoms with Gasteiger partial charge in [0.1, 0.15) is 0 Å². The molecule has 0 atom stereocenters. The molecule has 1 N–H and O–H groups in total. The Balaban J connectivity index is 2.32. The van der Waals surface area contributed by atoms with E-state index in [1.807, 2.05) is 0 Å². The molecule has 3 nitrogen and oxygen atoms in total. The highest BCUT2D eigenvalue weighted by atomic mass is 16.5. The molecule has 3 heteroatoms. The summed E-state index contributed by atoms with van der Waals surface area (Å²) in [6.07, 6.45) is 3.03. The summed E-state index contributed by atoms with van der Waals surface area (Å²) in [6, 6.07) is 0. The summed E-state index contributed by atoms with van der Waals surface area (Å²) in [6.45, 7) is 5.66. The Kier molecular flexibility index (Phi) is 4.08. The highest BCUT2D eigenvalue weighted by Gasteiger charge is 2.10. The Labute approximate surface area is 74.2 Å². The Morgan fingerprint density at radius 3 is 3.00 bits per heavy atom. The first-order chi connectivity index (χ1) is 5.84. The van der Waals surface area contributed by atoms with E-state index in [1.165, 1.54) is 0 Å². The minimum atomic E-state index is 0.781. The van der Waals surface area contributed by atoms with E-state index < -0.39 is 0 Å². The van der Waals surface area contributed by atoms with Crippen LogP contribution in [0.15, 0.2) is 0 Å². The summed E-state index contributed by atoms with van der Waals surface area (Å²) >= 11 is 0. The van der Waals surface area contributed by atoms with E-state index in [9.17, 15) is 0 Å². The first-order valence-corrected chi connectivity index (χ1v) is 4.74. The molecule has 70 valence electrons. The molecule has 1 aliphatic rings. The predicted molar refractivity (Wildman–Crippen MR) is 49.6 cm³/mol. The van der Waals surface area contributed by atoms with Gasteiger partial charge in [-0.25, -0.2) is 0 Å². The van der Waals surface area contributed by atoms with Crippen LogP contribution in [0.1, 0.15) is 26.2 Å². The molecule has 1 heterocycles. The van der Waals surface area contributed by atoms with Gasteiger partial charge in [-0.1, -0.05) is 6.92 Å². The van der Waals surface area contributed by atoms with Gasteiger partial charge in [-0.2, -0.15) is 0 Å². The molecule has 1 aliphatic heterocycles. The van der Waals surface area contributed by atoms with Crippen LogP contribution >= 0.6 is 0 Å².